The number of rotatable bonds is 8. The van der Waals surface area contributed by atoms with Crippen LogP contribution < -0.4 is 10.6 Å². The first kappa shape index (κ1) is 17.8. The molecule has 1 aromatic carbocycles. The van der Waals surface area contributed by atoms with Crippen molar-refractivity contribution < 1.29 is 8.81 Å². The lowest BCUT2D eigenvalue weighted by atomic mass is 10.1. The largest absolute Gasteiger partial charge is 0.469 e. The quantitative estimate of drug-likeness (QED) is 0.444. The summed E-state index contributed by atoms with van der Waals surface area (Å²) in [5.41, 5.74) is 1.68. The van der Waals surface area contributed by atoms with E-state index in [9.17, 15) is 4.39 Å². The Morgan fingerprint density at radius 2 is 1.88 bits per heavy atom. The van der Waals surface area contributed by atoms with Gasteiger partial charge in [0.1, 0.15) is 11.6 Å². The molecule has 2 rings (SSSR count). The van der Waals surface area contributed by atoms with Gasteiger partial charge in [-0.2, -0.15) is 0 Å². The smallest absolute Gasteiger partial charge is 0.191 e. The van der Waals surface area contributed by atoms with Gasteiger partial charge in [-0.05, 0) is 37.1 Å². The summed E-state index contributed by atoms with van der Waals surface area (Å²) in [6, 6.07) is 10.6. The SMILES string of the molecule is C=C(C)CN=C(NCCc1ccco1)NCCc1ccccc1F. The molecule has 0 spiro atoms. The van der Waals surface area contributed by atoms with E-state index in [4.69, 9.17) is 4.42 Å². The van der Waals surface area contributed by atoms with Crippen LogP contribution in [0.3, 0.4) is 0 Å². The van der Waals surface area contributed by atoms with Crippen molar-refractivity contribution in [1.82, 2.24) is 10.6 Å². The first-order valence-electron chi connectivity index (χ1n) is 8.07. The van der Waals surface area contributed by atoms with Gasteiger partial charge in [-0.3, -0.25) is 0 Å². The van der Waals surface area contributed by atoms with Crippen molar-refractivity contribution in [3.05, 3.63) is 72.0 Å². The van der Waals surface area contributed by atoms with Crippen LogP contribution in [0.5, 0.6) is 0 Å². The minimum atomic E-state index is -0.175. The molecule has 0 aliphatic carbocycles. The number of nitrogens with one attached hydrogen (secondary N) is 2. The predicted molar refractivity (Wildman–Crippen MR) is 95.6 cm³/mol. The van der Waals surface area contributed by atoms with Crippen LogP contribution in [0.15, 0.2) is 64.2 Å². The molecule has 1 heterocycles. The maximum atomic E-state index is 13.6. The van der Waals surface area contributed by atoms with Crippen molar-refractivity contribution in [2.75, 3.05) is 19.6 Å². The van der Waals surface area contributed by atoms with Crippen molar-refractivity contribution in [2.24, 2.45) is 4.99 Å². The van der Waals surface area contributed by atoms with Crippen LogP contribution in [0.25, 0.3) is 0 Å². The van der Waals surface area contributed by atoms with Crippen molar-refractivity contribution in [3.63, 3.8) is 0 Å². The average Bonchev–Trinajstić information content (AvgIpc) is 3.07. The zero-order chi connectivity index (χ0) is 17.2. The fourth-order valence-corrected chi connectivity index (χ4v) is 2.16. The van der Waals surface area contributed by atoms with Gasteiger partial charge in [-0.15, -0.1) is 0 Å². The molecule has 0 saturated heterocycles. The molecule has 0 radical (unpaired) electrons. The van der Waals surface area contributed by atoms with E-state index in [0.29, 0.717) is 37.6 Å². The number of halogens is 1. The van der Waals surface area contributed by atoms with Gasteiger partial charge in [0, 0.05) is 19.5 Å². The average molecular weight is 329 g/mol. The third-order valence-electron chi connectivity index (χ3n) is 3.40. The van der Waals surface area contributed by atoms with Crippen LogP contribution in [-0.4, -0.2) is 25.6 Å². The zero-order valence-corrected chi connectivity index (χ0v) is 14.0. The minimum Gasteiger partial charge on any atom is -0.469 e. The summed E-state index contributed by atoms with van der Waals surface area (Å²) in [6.45, 7) is 7.65. The molecular weight excluding hydrogens is 305 g/mol. The second kappa shape index (κ2) is 9.55. The van der Waals surface area contributed by atoms with Gasteiger partial charge < -0.3 is 15.1 Å². The van der Waals surface area contributed by atoms with Crippen molar-refractivity contribution in [2.45, 2.75) is 19.8 Å². The summed E-state index contributed by atoms with van der Waals surface area (Å²) in [4.78, 5) is 4.47. The lowest BCUT2D eigenvalue weighted by Crippen LogP contribution is -2.39. The Bertz CT molecular complexity index is 665. The van der Waals surface area contributed by atoms with E-state index in [-0.39, 0.29) is 5.82 Å². The summed E-state index contributed by atoms with van der Waals surface area (Å²) >= 11 is 0. The number of guanidine groups is 1. The van der Waals surface area contributed by atoms with Gasteiger partial charge in [0.2, 0.25) is 0 Å². The Hall–Kier alpha value is -2.56. The molecule has 1 aromatic heterocycles. The van der Waals surface area contributed by atoms with E-state index in [0.717, 1.165) is 17.8 Å². The summed E-state index contributed by atoms with van der Waals surface area (Å²) in [5.74, 6) is 1.44. The Morgan fingerprint density at radius 1 is 1.12 bits per heavy atom. The number of hydrogen-bond acceptors (Lipinski definition) is 2. The van der Waals surface area contributed by atoms with Gasteiger partial charge in [0.25, 0.3) is 0 Å². The van der Waals surface area contributed by atoms with E-state index in [1.807, 2.05) is 25.1 Å². The van der Waals surface area contributed by atoms with Gasteiger partial charge >= 0.3 is 0 Å². The maximum absolute atomic E-state index is 13.6. The number of nitrogens with zero attached hydrogens (tertiary/aromatic N) is 1. The highest BCUT2D eigenvalue weighted by Crippen LogP contribution is 2.06. The molecule has 2 N–H and O–H groups in total. The molecule has 0 aliphatic rings. The van der Waals surface area contributed by atoms with Gasteiger partial charge in [-0.1, -0.05) is 30.4 Å². The molecule has 0 amide bonds. The standard InChI is InChI=1S/C19H24FN3O/c1-15(2)14-23-19(22-12-10-17-7-5-13-24-17)21-11-9-16-6-3-4-8-18(16)20/h3-8,13H,1,9-12,14H2,2H3,(H2,21,22,23). The monoisotopic (exact) mass is 329 g/mol. The summed E-state index contributed by atoms with van der Waals surface area (Å²) in [7, 11) is 0. The van der Waals surface area contributed by atoms with E-state index in [2.05, 4.69) is 22.2 Å². The fourth-order valence-electron chi connectivity index (χ4n) is 2.16. The maximum Gasteiger partial charge on any atom is 0.191 e. The second-order valence-electron chi connectivity index (χ2n) is 5.65. The van der Waals surface area contributed by atoms with E-state index in [1.54, 1.807) is 18.4 Å². The Kier molecular flexibility index (Phi) is 7.08. The minimum absolute atomic E-state index is 0.175. The molecule has 0 unspecified atom stereocenters. The molecular formula is C19H24FN3O. The summed E-state index contributed by atoms with van der Waals surface area (Å²) in [5, 5.41) is 6.49. The molecule has 5 heteroatoms. The zero-order valence-electron chi connectivity index (χ0n) is 14.0. The highest BCUT2D eigenvalue weighted by Gasteiger charge is 2.03. The van der Waals surface area contributed by atoms with Crippen LogP contribution in [0.4, 0.5) is 4.39 Å². The summed E-state index contributed by atoms with van der Waals surface area (Å²) < 4.78 is 18.9. The Labute approximate surface area is 142 Å². The number of benzene rings is 1. The van der Waals surface area contributed by atoms with Gasteiger partial charge in [0.05, 0.1) is 12.8 Å². The van der Waals surface area contributed by atoms with E-state index < -0.39 is 0 Å². The fraction of sp³-hybridized carbons (Fsp3) is 0.316. The molecule has 0 bridgehead atoms. The lowest BCUT2D eigenvalue weighted by Gasteiger charge is -2.12. The van der Waals surface area contributed by atoms with Gasteiger partial charge in [0.15, 0.2) is 5.96 Å². The third kappa shape index (κ3) is 6.28. The Morgan fingerprint density at radius 3 is 2.54 bits per heavy atom. The van der Waals surface area contributed by atoms with E-state index in [1.165, 1.54) is 6.07 Å². The van der Waals surface area contributed by atoms with Crippen LogP contribution >= 0.6 is 0 Å². The predicted octanol–water partition coefficient (Wildman–Crippen LogP) is 3.32. The first-order chi connectivity index (χ1) is 11.6. The van der Waals surface area contributed by atoms with Crippen molar-refractivity contribution >= 4 is 5.96 Å². The lowest BCUT2D eigenvalue weighted by molar-refractivity contribution is 0.506. The molecule has 128 valence electrons. The number of hydrogen-bond donors (Lipinski definition) is 2. The molecule has 24 heavy (non-hydrogen) atoms. The summed E-state index contributed by atoms with van der Waals surface area (Å²) in [6.07, 6.45) is 3.03. The normalized spacial score (nSPS) is 11.3. The van der Waals surface area contributed by atoms with Crippen molar-refractivity contribution in [3.8, 4) is 0 Å². The molecule has 0 atom stereocenters. The molecule has 4 nitrogen and oxygen atoms in total. The molecule has 0 fully saturated rings. The molecule has 2 aromatic rings. The number of furan rings is 1. The molecule has 0 saturated carbocycles. The van der Waals surface area contributed by atoms with Crippen LogP contribution in [0.1, 0.15) is 18.2 Å². The van der Waals surface area contributed by atoms with E-state index >= 15 is 0 Å². The van der Waals surface area contributed by atoms with Crippen LogP contribution in [-0.2, 0) is 12.8 Å². The third-order valence-corrected chi connectivity index (χ3v) is 3.40. The topological polar surface area (TPSA) is 49.6 Å². The Balaban J connectivity index is 1.82. The molecule has 0 aliphatic heterocycles. The second-order valence-corrected chi connectivity index (χ2v) is 5.65. The highest BCUT2D eigenvalue weighted by molar-refractivity contribution is 5.79. The van der Waals surface area contributed by atoms with Crippen LogP contribution in [0.2, 0.25) is 0 Å². The van der Waals surface area contributed by atoms with Crippen LogP contribution in [0, 0.1) is 5.82 Å². The highest BCUT2D eigenvalue weighted by atomic mass is 19.1. The first-order valence-corrected chi connectivity index (χ1v) is 8.07. The number of aliphatic imine (C=N–C) groups is 1. The van der Waals surface area contributed by atoms with Crippen molar-refractivity contribution in [1.29, 1.82) is 0 Å². The van der Waals surface area contributed by atoms with Gasteiger partial charge in [-0.25, -0.2) is 9.38 Å².